The number of hydrogen-bond acceptors (Lipinski definition) is 4. The van der Waals surface area contributed by atoms with Crippen LogP contribution < -0.4 is 4.31 Å². The molecular weight excluding hydrogens is 322 g/mol. The van der Waals surface area contributed by atoms with Gasteiger partial charge >= 0.3 is 5.97 Å². The molecule has 114 valence electrons. The van der Waals surface area contributed by atoms with Crippen LogP contribution in [0.1, 0.15) is 28.1 Å². The van der Waals surface area contributed by atoms with Crippen molar-refractivity contribution in [1.29, 1.82) is 0 Å². The minimum Gasteiger partial charge on any atom is -0.477 e. The highest BCUT2D eigenvalue weighted by atomic mass is 32.2. The predicted molar refractivity (Wildman–Crippen MR) is 83.2 cm³/mol. The van der Waals surface area contributed by atoms with Crippen LogP contribution in [0.5, 0.6) is 0 Å². The van der Waals surface area contributed by atoms with E-state index in [4.69, 9.17) is 5.11 Å². The number of rotatable bonds is 3. The zero-order valence-electron chi connectivity index (χ0n) is 11.5. The Morgan fingerprint density at radius 2 is 2.00 bits per heavy atom. The summed E-state index contributed by atoms with van der Waals surface area (Å²) in [5, 5.41) is 10.4. The number of sulfonamides is 1. The van der Waals surface area contributed by atoms with E-state index in [0.717, 1.165) is 35.4 Å². The molecule has 1 saturated carbocycles. The molecular formula is C15H13NO4S2. The first-order valence-corrected chi connectivity index (χ1v) is 9.20. The van der Waals surface area contributed by atoms with Gasteiger partial charge in [0.25, 0.3) is 10.0 Å². The van der Waals surface area contributed by atoms with Gasteiger partial charge < -0.3 is 5.11 Å². The minimum atomic E-state index is -3.72. The fraction of sp³-hybridized carbons (Fsp3) is 0.267. The van der Waals surface area contributed by atoms with Crippen LogP contribution in [-0.4, -0.2) is 26.0 Å². The number of anilines is 1. The average molecular weight is 335 g/mol. The van der Waals surface area contributed by atoms with Crippen molar-refractivity contribution < 1.29 is 18.3 Å². The first kappa shape index (κ1) is 13.8. The second kappa shape index (κ2) is 4.33. The molecule has 7 heteroatoms. The molecule has 0 unspecified atom stereocenters. The Hall–Kier alpha value is -1.86. The summed E-state index contributed by atoms with van der Waals surface area (Å²) in [6.45, 7) is 0.451. The Kier molecular flexibility index (Phi) is 2.71. The molecule has 2 aliphatic rings. The molecule has 1 aromatic heterocycles. The number of thiophene rings is 1. The zero-order valence-corrected chi connectivity index (χ0v) is 13.2. The maximum atomic E-state index is 12.9. The lowest BCUT2D eigenvalue weighted by molar-refractivity contribution is 0.0702. The normalized spacial score (nSPS) is 18.5. The van der Waals surface area contributed by atoms with E-state index in [2.05, 4.69) is 0 Å². The van der Waals surface area contributed by atoms with Crippen LogP contribution in [-0.2, 0) is 15.4 Å². The number of hydrogen-bond donors (Lipinski definition) is 1. The molecule has 5 nitrogen and oxygen atoms in total. The third-order valence-electron chi connectivity index (χ3n) is 4.42. The number of carbonyl (C=O) groups is 1. The third-order valence-corrected chi connectivity index (χ3v) is 7.22. The lowest BCUT2D eigenvalue weighted by Gasteiger charge is -2.19. The molecule has 2 aromatic rings. The number of para-hydroxylation sites is 1. The van der Waals surface area contributed by atoms with Crippen molar-refractivity contribution in [2.75, 3.05) is 10.8 Å². The predicted octanol–water partition coefficient (Wildman–Crippen LogP) is 2.69. The van der Waals surface area contributed by atoms with Gasteiger partial charge in [0.1, 0.15) is 4.88 Å². The van der Waals surface area contributed by atoms with Gasteiger partial charge in [-0.1, -0.05) is 18.2 Å². The maximum absolute atomic E-state index is 12.9. The van der Waals surface area contributed by atoms with E-state index in [0.29, 0.717) is 6.54 Å². The van der Waals surface area contributed by atoms with Gasteiger partial charge in [-0.3, -0.25) is 4.31 Å². The molecule has 22 heavy (non-hydrogen) atoms. The summed E-state index contributed by atoms with van der Waals surface area (Å²) in [7, 11) is -3.72. The molecule has 1 aliphatic carbocycles. The van der Waals surface area contributed by atoms with E-state index in [9.17, 15) is 13.2 Å². The maximum Gasteiger partial charge on any atom is 0.345 e. The largest absolute Gasteiger partial charge is 0.477 e. The van der Waals surface area contributed by atoms with Crippen LogP contribution in [0.4, 0.5) is 5.69 Å². The van der Waals surface area contributed by atoms with Crippen LogP contribution in [0.15, 0.2) is 40.6 Å². The molecule has 0 amide bonds. The molecule has 4 rings (SSSR count). The van der Waals surface area contributed by atoms with Gasteiger partial charge in [-0.15, -0.1) is 11.3 Å². The van der Waals surface area contributed by atoms with Crippen LogP contribution in [0, 0.1) is 0 Å². The van der Waals surface area contributed by atoms with Gasteiger partial charge in [-0.05, 0) is 30.5 Å². The van der Waals surface area contributed by atoms with Crippen molar-refractivity contribution in [3.05, 3.63) is 46.2 Å². The first-order valence-electron chi connectivity index (χ1n) is 6.88. The van der Waals surface area contributed by atoms with E-state index in [1.54, 1.807) is 0 Å². The second-order valence-electron chi connectivity index (χ2n) is 5.76. The van der Waals surface area contributed by atoms with E-state index in [-0.39, 0.29) is 15.2 Å². The Balaban J connectivity index is 1.80. The Morgan fingerprint density at radius 3 is 2.64 bits per heavy atom. The summed E-state index contributed by atoms with van der Waals surface area (Å²) >= 11 is 0.935. The number of carboxylic acids is 1. The first-order chi connectivity index (χ1) is 10.4. The summed E-state index contributed by atoms with van der Waals surface area (Å²) in [6, 6.07) is 8.82. The molecule has 1 aliphatic heterocycles. The molecule has 1 spiro atoms. The molecule has 0 saturated heterocycles. The Morgan fingerprint density at radius 1 is 1.27 bits per heavy atom. The summed E-state index contributed by atoms with van der Waals surface area (Å²) in [6.07, 6.45) is 2.00. The number of benzene rings is 1. The molecule has 0 radical (unpaired) electrons. The van der Waals surface area contributed by atoms with Crippen LogP contribution in [0.3, 0.4) is 0 Å². The van der Waals surface area contributed by atoms with Crippen LogP contribution in [0.2, 0.25) is 0 Å². The van der Waals surface area contributed by atoms with E-state index < -0.39 is 16.0 Å². The van der Waals surface area contributed by atoms with E-state index >= 15 is 0 Å². The molecule has 1 N–H and O–H groups in total. The summed E-state index contributed by atoms with van der Waals surface area (Å²) in [5.74, 6) is -1.10. The number of carboxylic acid groups (broad SMARTS) is 1. The molecule has 1 fully saturated rings. The lowest BCUT2D eigenvalue weighted by atomic mass is 9.99. The lowest BCUT2D eigenvalue weighted by Crippen LogP contribution is -2.31. The van der Waals surface area contributed by atoms with Crippen molar-refractivity contribution in [3.63, 3.8) is 0 Å². The van der Waals surface area contributed by atoms with E-state index in [1.807, 2.05) is 24.3 Å². The SMILES string of the molecule is O=C(O)c1cc(S(=O)(=O)N2CC3(CC3)c3ccccc32)cs1. The monoisotopic (exact) mass is 335 g/mol. The molecule has 0 bridgehead atoms. The van der Waals surface area contributed by atoms with E-state index in [1.165, 1.54) is 15.8 Å². The molecule has 2 heterocycles. The van der Waals surface area contributed by atoms with Gasteiger partial charge in [0, 0.05) is 17.3 Å². The number of aromatic carboxylic acids is 1. The Labute approximate surface area is 131 Å². The highest BCUT2D eigenvalue weighted by molar-refractivity contribution is 7.93. The van der Waals surface area contributed by atoms with Gasteiger partial charge in [0.05, 0.1) is 10.6 Å². The average Bonchev–Trinajstić information content (AvgIpc) is 2.96. The molecule has 1 aromatic carbocycles. The minimum absolute atomic E-state index is 0.0324. The van der Waals surface area contributed by atoms with Crippen molar-refractivity contribution in [1.82, 2.24) is 0 Å². The van der Waals surface area contributed by atoms with Crippen LogP contribution >= 0.6 is 11.3 Å². The second-order valence-corrected chi connectivity index (χ2v) is 8.53. The summed E-state index contributed by atoms with van der Waals surface area (Å²) in [5.41, 5.74) is 1.78. The van der Waals surface area contributed by atoms with Crippen molar-refractivity contribution in [2.45, 2.75) is 23.2 Å². The topological polar surface area (TPSA) is 74.7 Å². The van der Waals surface area contributed by atoms with Gasteiger partial charge in [-0.25, -0.2) is 13.2 Å². The van der Waals surface area contributed by atoms with Crippen molar-refractivity contribution in [2.24, 2.45) is 0 Å². The number of nitrogens with zero attached hydrogens (tertiary/aromatic N) is 1. The number of fused-ring (bicyclic) bond motifs is 2. The quantitative estimate of drug-likeness (QED) is 0.936. The highest BCUT2D eigenvalue weighted by Crippen LogP contribution is 2.57. The van der Waals surface area contributed by atoms with Crippen LogP contribution in [0.25, 0.3) is 0 Å². The summed E-state index contributed by atoms with van der Waals surface area (Å²) in [4.78, 5) is 11.1. The third kappa shape index (κ3) is 1.82. The smallest absolute Gasteiger partial charge is 0.345 e. The summed E-state index contributed by atoms with van der Waals surface area (Å²) < 4.78 is 27.2. The van der Waals surface area contributed by atoms with Crippen molar-refractivity contribution >= 4 is 33.0 Å². The van der Waals surface area contributed by atoms with Gasteiger partial charge in [-0.2, -0.15) is 0 Å². The molecule has 0 atom stereocenters. The van der Waals surface area contributed by atoms with Gasteiger partial charge in [0.2, 0.25) is 0 Å². The standard InChI is InChI=1S/C15H13NO4S2/c17-14(18)13-7-10(8-21-13)22(19,20)16-9-15(5-6-15)11-3-1-2-4-12(11)16/h1-4,7-8H,5-6,9H2,(H,17,18). The zero-order chi connectivity index (χ0) is 15.5. The fourth-order valence-electron chi connectivity index (χ4n) is 3.07. The fourth-order valence-corrected chi connectivity index (χ4v) is 5.74. The highest BCUT2D eigenvalue weighted by Gasteiger charge is 2.54. The van der Waals surface area contributed by atoms with Gasteiger partial charge in [0.15, 0.2) is 0 Å². The van der Waals surface area contributed by atoms with Crippen molar-refractivity contribution in [3.8, 4) is 0 Å². The Bertz CT molecular complexity index is 880.